The van der Waals surface area contributed by atoms with E-state index in [0.717, 1.165) is 30.0 Å². The Labute approximate surface area is 192 Å². The molecule has 1 aromatic heterocycles. The van der Waals surface area contributed by atoms with Crippen LogP contribution in [0.5, 0.6) is 11.5 Å². The van der Waals surface area contributed by atoms with Crippen LogP contribution in [-0.2, 0) is 16.4 Å². The molecule has 0 saturated carbocycles. The highest BCUT2D eigenvalue weighted by Crippen LogP contribution is 2.32. The second-order valence-electron chi connectivity index (χ2n) is 5.95. The van der Waals surface area contributed by atoms with Crippen molar-refractivity contribution >= 4 is 51.3 Å². The number of hydrogen-bond acceptors (Lipinski definition) is 6. The molecular formula is C18H25IN4O4S2. The largest absolute Gasteiger partial charge is 0.454 e. The van der Waals surface area contributed by atoms with Crippen LogP contribution in [0.1, 0.15) is 12.5 Å². The summed E-state index contributed by atoms with van der Waals surface area (Å²) in [5, 5.41) is 8.14. The fraction of sp³-hybridized carbons (Fsp3) is 0.389. The molecule has 3 N–H and O–H groups in total. The van der Waals surface area contributed by atoms with Crippen molar-refractivity contribution in [2.45, 2.75) is 17.6 Å². The van der Waals surface area contributed by atoms with E-state index in [-0.39, 0.29) is 37.3 Å². The number of sulfonamides is 1. The molecule has 0 bridgehead atoms. The summed E-state index contributed by atoms with van der Waals surface area (Å²) in [6, 6.07) is 9.20. The lowest BCUT2D eigenvalue weighted by Crippen LogP contribution is -2.39. The number of hydrogen-bond donors (Lipinski definition) is 3. The number of fused-ring (bicyclic) bond motifs is 1. The van der Waals surface area contributed by atoms with Crippen molar-refractivity contribution in [1.82, 2.24) is 15.4 Å². The molecule has 2 aromatic rings. The molecule has 0 fully saturated rings. The van der Waals surface area contributed by atoms with E-state index in [2.05, 4.69) is 20.3 Å². The molecular weight excluding hydrogens is 527 g/mol. The van der Waals surface area contributed by atoms with Crippen LogP contribution in [0, 0.1) is 0 Å². The second-order valence-corrected chi connectivity index (χ2v) is 8.90. The molecule has 0 amide bonds. The Kier molecular flexibility index (Phi) is 9.46. The molecule has 3 rings (SSSR count). The minimum atomic E-state index is -3.45. The van der Waals surface area contributed by atoms with Crippen molar-refractivity contribution < 1.29 is 17.9 Å². The summed E-state index contributed by atoms with van der Waals surface area (Å²) in [6.07, 6.45) is 0.798. The molecule has 160 valence electrons. The van der Waals surface area contributed by atoms with Gasteiger partial charge in [-0.1, -0.05) is 12.1 Å². The van der Waals surface area contributed by atoms with E-state index >= 15 is 0 Å². The monoisotopic (exact) mass is 552 g/mol. The van der Waals surface area contributed by atoms with E-state index in [1.165, 1.54) is 11.3 Å². The zero-order chi connectivity index (χ0) is 19.8. The van der Waals surface area contributed by atoms with E-state index < -0.39 is 10.0 Å². The standard InChI is InChI=1S/C18H24N4O4S2.HI/c1-2-19-18(21-9-10-22-28(23,24)17-4-3-11-27-17)20-8-7-14-5-6-15-16(12-14)26-13-25-15;/h3-6,11-12,22H,2,7-10,13H2,1H3,(H2,19,20,21);1H. The summed E-state index contributed by atoms with van der Waals surface area (Å²) in [5.74, 6) is 2.20. The van der Waals surface area contributed by atoms with Gasteiger partial charge in [-0.15, -0.1) is 35.3 Å². The maximum atomic E-state index is 12.1. The first-order chi connectivity index (χ1) is 13.6. The third-order valence-electron chi connectivity index (χ3n) is 3.92. The van der Waals surface area contributed by atoms with E-state index in [4.69, 9.17) is 9.47 Å². The summed E-state index contributed by atoms with van der Waals surface area (Å²) in [6.45, 7) is 4.23. The molecule has 0 spiro atoms. The van der Waals surface area contributed by atoms with Crippen LogP contribution in [0.4, 0.5) is 0 Å². The first-order valence-electron chi connectivity index (χ1n) is 9.02. The van der Waals surface area contributed by atoms with Gasteiger partial charge in [0.05, 0.1) is 6.54 Å². The predicted octanol–water partition coefficient (Wildman–Crippen LogP) is 2.17. The Morgan fingerprint density at radius 1 is 1.17 bits per heavy atom. The number of halogens is 1. The minimum absolute atomic E-state index is 0. The Morgan fingerprint density at radius 3 is 2.76 bits per heavy atom. The summed E-state index contributed by atoms with van der Waals surface area (Å²) < 4.78 is 37.7. The van der Waals surface area contributed by atoms with Gasteiger partial charge in [-0.25, -0.2) is 13.1 Å². The van der Waals surface area contributed by atoms with Gasteiger partial charge in [-0.3, -0.25) is 4.99 Å². The first kappa shape index (κ1) is 23.7. The fourth-order valence-electron chi connectivity index (χ4n) is 2.60. The van der Waals surface area contributed by atoms with Crippen LogP contribution in [0.3, 0.4) is 0 Å². The molecule has 2 heterocycles. The Hall–Kier alpha value is -1.57. The van der Waals surface area contributed by atoms with Gasteiger partial charge in [0, 0.05) is 19.6 Å². The van der Waals surface area contributed by atoms with Crippen LogP contribution >= 0.6 is 35.3 Å². The quantitative estimate of drug-likeness (QED) is 0.191. The fourth-order valence-corrected chi connectivity index (χ4v) is 4.66. The van der Waals surface area contributed by atoms with E-state index in [1.807, 2.05) is 25.1 Å². The lowest BCUT2D eigenvalue weighted by atomic mass is 10.1. The lowest BCUT2D eigenvalue weighted by molar-refractivity contribution is 0.174. The van der Waals surface area contributed by atoms with Crippen LogP contribution in [-0.4, -0.2) is 47.3 Å². The second kappa shape index (κ2) is 11.6. The average Bonchev–Trinajstić information content (AvgIpc) is 3.36. The van der Waals surface area contributed by atoms with Crippen molar-refractivity contribution in [3.63, 3.8) is 0 Å². The van der Waals surface area contributed by atoms with Crippen molar-refractivity contribution in [3.8, 4) is 11.5 Å². The number of rotatable bonds is 9. The van der Waals surface area contributed by atoms with Gasteiger partial charge >= 0.3 is 0 Å². The number of aliphatic imine (C=N–C) groups is 1. The molecule has 0 aliphatic carbocycles. The van der Waals surface area contributed by atoms with Crippen molar-refractivity contribution in [1.29, 1.82) is 0 Å². The number of thiophene rings is 1. The molecule has 0 radical (unpaired) electrons. The third-order valence-corrected chi connectivity index (χ3v) is 6.78. The number of guanidine groups is 1. The van der Waals surface area contributed by atoms with Gasteiger partial charge in [0.2, 0.25) is 16.8 Å². The van der Waals surface area contributed by atoms with Gasteiger partial charge in [0.15, 0.2) is 17.5 Å². The van der Waals surface area contributed by atoms with Gasteiger partial charge in [-0.2, -0.15) is 0 Å². The number of nitrogens with one attached hydrogen (secondary N) is 3. The average molecular weight is 552 g/mol. The third kappa shape index (κ3) is 7.01. The Balaban J connectivity index is 0.00000300. The molecule has 0 atom stereocenters. The van der Waals surface area contributed by atoms with E-state index in [9.17, 15) is 8.42 Å². The predicted molar refractivity (Wildman–Crippen MR) is 125 cm³/mol. The number of benzene rings is 1. The van der Waals surface area contributed by atoms with Crippen molar-refractivity contribution in [2.75, 3.05) is 33.0 Å². The molecule has 1 aromatic carbocycles. The molecule has 11 heteroatoms. The van der Waals surface area contributed by atoms with Gasteiger partial charge in [0.1, 0.15) is 4.21 Å². The molecule has 0 saturated heterocycles. The van der Waals surface area contributed by atoms with Crippen molar-refractivity contribution in [3.05, 3.63) is 41.3 Å². The van der Waals surface area contributed by atoms with E-state index in [1.54, 1.807) is 17.5 Å². The number of nitrogens with zero attached hydrogens (tertiary/aromatic N) is 1. The molecule has 29 heavy (non-hydrogen) atoms. The molecule has 8 nitrogen and oxygen atoms in total. The Bertz CT molecular complexity index is 905. The normalized spacial score (nSPS) is 13.1. The zero-order valence-electron chi connectivity index (χ0n) is 16.0. The SMILES string of the molecule is CCNC(=NCCNS(=O)(=O)c1cccs1)NCCc1ccc2c(c1)OCO2.I. The highest BCUT2D eigenvalue weighted by Gasteiger charge is 2.14. The first-order valence-corrected chi connectivity index (χ1v) is 11.4. The van der Waals surface area contributed by atoms with Crippen LogP contribution in [0.2, 0.25) is 0 Å². The van der Waals surface area contributed by atoms with Crippen LogP contribution in [0.25, 0.3) is 0 Å². The highest BCUT2D eigenvalue weighted by molar-refractivity contribution is 14.0. The van der Waals surface area contributed by atoms with Crippen LogP contribution in [0.15, 0.2) is 44.9 Å². The van der Waals surface area contributed by atoms with Crippen LogP contribution < -0.4 is 24.8 Å². The molecule has 0 unspecified atom stereocenters. The summed E-state index contributed by atoms with van der Waals surface area (Å²) >= 11 is 1.19. The zero-order valence-corrected chi connectivity index (χ0v) is 20.0. The topological polar surface area (TPSA) is 101 Å². The molecule has 1 aliphatic rings. The Morgan fingerprint density at radius 2 is 2.00 bits per heavy atom. The van der Waals surface area contributed by atoms with Gasteiger partial charge in [0.25, 0.3) is 0 Å². The summed E-state index contributed by atoms with van der Waals surface area (Å²) in [7, 11) is -3.45. The minimum Gasteiger partial charge on any atom is -0.454 e. The van der Waals surface area contributed by atoms with Gasteiger partial charge < -0.3 is 20.1 Å². The number of ether oxygens (including phenoxy) is 2. The summed E-state index contributed by atoms with van der Waals surface area (Å²) in [5.41, 5.74) is 1.14. The van der Waals surface area contributed by atoms with Gasteiger partial charge in [-0.05, 0) is 42.5 Å². The van der Waals surface area contributed by atoms with E-state index in [0.29, 0.717) is 23.3 Å². The molecule has 1 aliphatic heterocycles. The summed E-state index contributed by atoms with van der Waals surface area (Å²) in [4.78, 5) is 4.41. The highest BCUT2D eigenvalue weighted by atomic mass is 127. The lowest BCUT2D eigenvalue weighted by Gasteiger charge is -2.11. The maximum absolute atomic E-state index is 12.1. The smallest absolute Gasteiger partial charge is 0.250 e. The maximum Gasteiger partial charge on any atom is 0.250 e. The van der Waals surface area contributed by atoms with Crippen molar-refractivity contribution in [2.24, 2.45) is 4.99 Å².